The zero-order valence-electron chi connectivity index (χ0n) is 9.73. The number of thiophene rings is 1. The van der Waals surface area contributed by atoms with Crippen LogP contribution in [0.4, 0.5) is 0 Å². The zero-order chi connectivity index (χ0) is 12.0. The summed E-state index contributed by atoms with van der Waals surface area (Å²) in [7, 11) is 0. The van der Waals surface area contributed by atoms with E-state index in [1.165, 1.54) is 11.3 Å². The number of hydrogen-bond acceptors (Lipinski definition) is 3. The topological polar surface area (TPSA) is 70.6 Å². The van der Waals surface area contributed by atoms with E-state index in [2.05, 4.69) is 17.2 Å². The molecule has 0 aliphatic carbocycles. The van der Waals surface area contributed by atoms with Crippen LogP contribution in [0, 0.1) is 0 Å². The van der Waals surface area contributed by atoms with Crippen LogP contribution in [-0.2, 0) is 5.60 Å². The Kier molecular flexibility index (Phi) is 4.76. The molecule has 0 aromatic carbocycles. The van der Waals surface area contributed by atoms with Crippen molar-refractivity contribution in [2.45, 2.75) is 25.9 Å². The predicted octanol–water partition coefficient (Wildman–Crippen LogP) is 1.27. The van der Waals surface area contributed by atoms with Gasteiger partial charge in [-0.1, -0.05) is 13.0 Å². The van der Waals surface area contributed by atoms with Gasteiger partial charge >= 0.3 is 0 Å². The van der Waals surface area contributed by atoms with Crippen molar-refractivity contribution in [2.24, 2.45) is 10.7 Å². The van der Waals surface area contributed by atoms with Crippen LogP contribution in [0.5, 0.6) is 0 Å². The summed E-state index contributed by atoms with van der Waals surface area (Å²) in [5, 5.41) is 15.1. The van der Waals surface area contributed by atoms with E-state index in [1.54, 1.807) is 6.92 Å². The first kappa shape index (κ1) is 13.0. The Bertz CT molecular complexity index is 333. The molecular weight excluding hydrogens is 222 g/mol. The molecule has 1 atom stereocenters. The van der Waals surface area contributed by atoms with Crippen molar-refractivity contribution >= 4 is 17.3 Å². The fraction of sp³-hybridized carbons (Fsp3) is 0.545. The predicted molar refractivity (Wildman–Crippen MR) is 68.7 cm³/mol. The summed E-state index contributed by atoms with van der Waals surface area (Å²) in [6.07, 6.45) is 0.998. The molecule has 0 aliphatic rings. The maximum atomic E-state index is 10.2. The summed E-state index contributed by atoms with van der Waals surface area (Å²) in [5.74, 6) is 0.388. The highest BCUT2D eigenvalue weighted by Gasteiger charge is 2.23. The maximum Gasteiger partial charge on any atom is 0.188 e. The molecule has 1 rings (SSSR count). The van der Waals surface area contributed by atoms with E-state index in [0.29, 0.717) is 5.96 Å². The summed E-state index contributed by atoms with van der Waals surface area (Å²) in [6.45, 7) is 4.88. The summed E-state index contributed by atoms with van der Waals surface area (Å²) in [4.78, 5) is 5.03. The Labute approximate surface area is 100 Å². The number of aliphatic imine (C=N–C) groups is 1. The van der Waals surface area contributed by atoms with Gasteiger partial charge in [0.1, 0.15) is 5.60 Å². The van der Waals surface area contributed by atoms with E-state index >= 15 is 0 Å². The van der Waals surface area contributed by atoms with Gasteiger partial charge in [0.25, 0.3) is 0 Å². The van der Waals surface area contributed by atoms with E-state index in [-0.39, 0.29) is 6.54 Å². The average molecular weight is 241 g/mol. The smallest absolute Gasteiger partial charge is 0.188 e. The zero-order valence-corrected chi connectivity index (χ0v) is 10.5. The molecule has 0 aliphatic heterocycles. The van der Waals surface area contributed by atoms with Crippen molar-refractivity contribution in [1.82, 2.24) is 5.32 Å². The van der Waals surface area contributed by atoms with Crippen molar-refractivity contribution in [1.29, 1.82) is 0 Å². The lowest BCUT2D eigenvalue weighted by Crippen LogP contribution is -2.34. The van der Waals surface area contributed by atoms with Crippen LogP contribution in [0.15, 0.2) is 22.5 Å². The number of aliphatic hydroxyl groups is 1. The molecule has 0 saturated carbocycles. The molecule has 5 heteroatoms. The second kappa shape index (κ2) is 5.86. The SMILES string of the molecule is CCCNC(N)=NCC(C)(O)c1cccs1. The van der Waals surface area contributed by atoms with Gasteiger partial charge in [-0.2, -0.15) is 0 Å². The maximum absolute atomic E-state index is 10.2. The normalized spacial score (nSPS) is 15.8. The molecule has 1 aromatic heterocycles. The van der Waals surface area contributed by atoms with Gasteiger partial charge in [-0.25, -0.2) is 0 Å². The molecule has 0 bridgehead atoms. The Hall–Kier alpha value is -1.07. The van der Waals surface area contributed by atoms with Gasteiger partial charge < -0.3 is 16.2 Å². The lowest BCUT2D eigenvalue weighted by Gasteiger charge is -2.19. The van der Waals surface area contributed by atoms with Gasteiger partial charge in [0, 0.05) is 11.4 Å². The number of rotatable bonds is 5. The van der Waals surface area contributed by atoms with Crippen molar-refractivity contribution in [3.63, 3.8) is 0 Å². The van der Waals surface area contributed by atoms with Crippen molar-refractivity contribution in [2.75, 3.05) is 13.1 Å². The fourth-order valence-electron chi connectivity index (χ4n) is 1.21. The molecule has 1 unspecified atom stereocenters. The Morgan fingerprint density at radius 3 is 3.00 bits per heavy atom. The van der Waals surface area contributed by atoms with Crippen LogP contribution in [-0.4, -0.2) is 24.2 Å². The first-order valence-electron chi connectivity index (χ1n) is 5.36. The fourth-order valence-corrected chi connectivity index (χ4v) is 1.99. The number of guanidine groups is 1. The van der Waals surface area contributed by atoms with Crippen LogP contribution in [0.2, 0.25) is 0 Å². The third-order valence-electron chi connectivity index (χ3n) is 2.17. The lowest BCUT2D eigenvalue weighted by atomic mass is 10.1. The van der Waals surface area contributed by atoms with Gasteiger partial charge in [0.05, 0.1) is 6.54 Å². The standard InChI is InChI=1S/C11H19N3OS/c1-3-6-13-10(12)14-8-11(2,15)9-5-4-7-16-9/h4-5,7,15H,3,6,8H2,1-2H3,(H3,12,13,14). The third kappa shape index (κ3) is 3.83. The highest BCUT2D eigenvalue weighted by atomic mass is 32.1. The largest absolute Gasteiger partial charge is 0.383 e. The summed E-state index contributed by atoms with van der Waals surface area (Å²) in [6, 6.07) is 3.81. The second-order valence-corrected chi connectivity index (χ2v) is 4.83. The minimum Gasteiger partial charge on any atom is -0.383 e. The third-order valence-corrected chi connectivity index (χ3v) is 3.29. The van der Waals surface area contributed by atoms with E-state index in [1.807, 2.05) is 17.5 Å². The summed E-state index contributed by atoms with van der Waals surface area (Å²) >= 11 is 1.52. The molecule has 0 fully saturated rings. The van der Waals surface area contributed by atoms with E-state index in [9.17, 15) is 5.11 Å². The van der Waals surface area contributed by atoms with Crippen molar-refractivity contribution in [3.05, 3.63) is 22.4 Å². The van der Waals surface area contributed by atoms with Crippen LogP contribution in [0.25, 0.3) is 0 Å². The van der Waals surface area contributed by atoms with Crippen LogP contribution in [0.1, 0.15) is 25.1 Å². The summed E-state index contributed by atoms with van der Waals surface area (Å²) < 4.78 is 0. The van der Waals surface area contributed by atoms with Crippen LogP contribution >= 0.6 is 11.3 Å². The Balaban J connectivity index is 2.53. The van der Waals surface area contributed by atoms with Crippen LogP contribution in [0.3, 0.4) is 0 Å². The van der Waals surface area contributed by atoms with Crippen molar-refractivity contribution in [3.8, 4) is 0 Å². The number of nitrogens with two attached hydrogens (primary N) is 1. The van der Waals surface area contributed by atoms with E-state index < -0.39 is 5.60 Å². The molecule has 16 heavy (non-hydrogen) atoms. The minimum absolute atomic E-state index is 0.274. The Morgan fingerprint density at radius 1 is 1.69 bits per heavy atom. The number of nitrogens with one attached hydrogen (secondary N) is 1. The van der Waals surface area contributed by atoms with E-state index in [0.717, 1.165) is 17.8 Å². The quantitative estimate of drug-likeness (QED) is 0.537. The van der Waals surface area contributed by atoms with Gasteiger partial charge in [-0.15, -0.1) is 11.3 Å². The molecule has 0 radical (unpaired) electrons. The first-order chi connectivity index (χ1) is 7.56. The van der Waals surface area contributed by atoms with Gasteiger partial charge in [0.2, 0.25) is 0 Å². The number of nitrogens with zero attached hydrogens (tertiary/aromatic N) is 1. The average Bonchev–Trinajstić information content (AvgIpc) is 2.77. The summed E-state index contributed by atoms with van der Waals surface area (Å²) in [5.41, 5.74) is 4.71. The first-order valence-corrected chi connectivity index (χ1v) is 6.24. The highest BCUT2D eigenvalue weighted by molar-refractivity contribution is 7.10. The Morgan fingerprint density at radius 2 is 2.44 bits per heavy atom. The van der Waals surface area contributed by atoms with Crippen molar-refractivity contribution < 1.29 is 5.11 Å². The van der Waals surface area contributed by atoms with Gasteiger partial charge in [0.15, 0.2) is 5.96 Å². The lowest BCUT2D eigenvalue weighted by molar-refractivity contribution is 0.0712. The van der Waals surface area contributed by atoms with Gasteiger partial charge in [-0.05, 0) is 24.8 Å². The minimum atomic E-state index is -0.938. The molecule has 0 spiro atoms. The molecule has 0 saturated heterocycles. The number of hydrogen-bond donors (Lipinski definition) is 3. The molecule has 1 heterocycles. The van der Waals surface area contributed by atoms with Crippen LogP contribution < -0.4 is 11.1 Å². The molecule has 1 aromatic rings. The molecular formula is C11H19N3OS. The highest BCUT2D eigenvalue weighted by Crippen LogP contribution is 2.25. The second-order valence-electron chi connectivity index (χ2n) is 3.88. The molecule has 4 N–H and O–H groups in total. The van der Waals surface area contributed by atoms with E-state index in [4.69, 9.17) is 5.73 Å². The molecule has 90 valence electrons. The monoisotopic (exact) mass is 241 g/mol. The molecule has 0 amide bonds. The molecule has 4 nitrogen and oxygen atoms in total. The van der Waals surface area contributed by atoms with Gasteiger partial charge in [-0.3, -0.25) is 4.99 Å².